The Labute approximate surface area is 306 Å². The summed E-state index contributed by atoms with van der Waals surface area (Å²) < 4.78 is 23.1. The minimum absolute atomic E-state index is 0.0505. The monoisotopic (exact) mass is 742 g/mol. The molecule has 10 nitrogen and oxygen atoms in total. The maximum Gasteiger partial charge on any atom is 0.348 e. The number of pyridine rings is 1. The first-order chi connectivity index (χ1) is 24.1. The van der Waals surface area contributed by atoms with Crippen LogP contribution in [0.5, 0.6) is 17.2 Å². The van der Waals surface area contributed by atoms with Crippen LogP contribution in [0.3, 0.4) is 0 Å². The summed E-state index contributed by atoms with van der Waals surface area (Å²) in [4.78, 5) is 33.4. The van der Waals surface area contributed by atoms with E-state index >= 15 is 0 Å². The number of carbonyl (C=O) groups is 2. The number of likely N-dealkylation sites (tertiary alicyclic amines) is 1. The number of thiophene rings is 1. The fourth-order valence-corrected chi connectivity index (χ4v) is 7.15. The number of H-pyrrole nitrogens is 1. The van der Waals surface area contributed by atoms with E-state index in [9.17, 15) is 14.7 Å². The van der Waals surface area contributed by atoms with Gasteiger partial charge in [0.1, 0.15) is 32.8 Å². The molecule has 1 aliphatic rings. The smallest absolute Gasteiger partial charge is 0.348 e. The number of aromatic amines is 1. The van der Waals surface area contributed by atoms with E-state index in [1.807, 2.05) is 19.1 Å². The topological polar surface area (TPSA) is 121 Å². The van der Waals surface area contributed by atoms with Crippen LogP contribution in [0, 0.1) is 5.92 Å². The fraction of sp³-hybridized carbons (Fsp3) is 0.378. The molecule has 266 valence electrons. The third-order valence-corrected chi connectivity index (χ3v) is 10.3. The molecule has 0 saturated carbocycles. The molecule has 5 rings (SSSR count). The van der Waals surface area contributed by atoms with E-state index in [1.54, 1.807) is 62.0 Å². The maximum absolute atomic E-state index is 13.6. The van der Waals surface area contributed by atoms with Gasteiger partial charge in [-0.05, 0) is 93.3 Å². The van der Waals surface area contributed by atoms with Crippen LogP contribution < -0.4 is 19.8 Å². The maximum atomic E-state index is 13.6. The third kappa shape index (κ3) is 9.88. The summed E-state index contributed by atoms with van der Waals surface area (Å²) in [6.07, 6.45) is 4.63. The van der Waals surface area contributed by atoms with Gasteiger partial charge in [0.2, 0.25) is 0 Å². The number of benzene rings is 2. The van der Waals surface area contributed by atoms with Gasteiger partial charge in [0, 0.05) is 23.4 Å². The Morgan fingerprint density at radius 1 is 1.04 bits per heavy atom. The summed E-state index contributed by atoms with van der Waals surface area (Å²) >= 11 is 14.2. The van der Waals surface area contributed by atoms with E-state index < -0.39 is 24.1 Å². The first-order valence-electron chi connectivity index (χ1n) is 16.5. The second-order valence-electron chi connectivity index (χ2n) is 12.1. The minimum Gasteiger partial charge on any atom is -0.508 e. The third-order valence-electron chi connectivity index (χ3n) is 8.58. The molecule has 4 aromatic rings. The number of aromatic hydroxyl groups is 1. The average molecular weight is 744 g/mol. The number of nitrogens with zero attached hydrogens (tertiary/aromatic N) is 1. The predicted octanol–water partition coefficient (Wildman–Crippen LogP) is 6.84. The average Bonchev–Trinajstić information content (AvgIpc) is 3.59. The normalized spacial score (nSPS) is 14.9. The molecule has 0 radical (unpaired) electrons. The molecule has 3 N–H and O–H groups in total. The molecule has 0 aliphatic carbocycles. The lowest BCUT2D eigenvalue weighted by Crippen LogP contribution is -2.34. The van der Waals surface area contributed by atoms with Gasteiger partial charge in [0.15, 0.2) is 23.9 Å². The van der Waals surface area contributed by atoms with Crippen LogP contribution in [-0.2, 0) is 27.2 Å². The highest BCUT2D eigenvalue weighted by Gasteiger charge is 2.27. The van der Waals surface area contributed by atoms with Crippen LogP contribution in [0.4, 0.5) is 0 Å². The van der Waals surface area contributed by atoms with E-state index in [2.05, 4.69) is 22.2 Å². The summed E-state index contributed by atoms with van der Waals surface area (Å²) in [6.45, 7) is 4.86. The van der Waals surface area contributed by atoms with Crippen molar-refractivity contribution in [2.75, 3.05) is 40.5 Å². The van der Waals surface area contributed by atoms with Crippen molar-refractivity contribution >= 4 is 46.5 Å². The van der Waals surface area contributed by atoms with Crippen LogP contribution in [0.15, 0.2) is 67.0 Å². The molecule has 2 aromatic carbocycles. The Morgan fingerprint density at radius 2 is 1.80 bits per heavy atom. The van der Waals surface area contributed by atoms with Gasteiger partial charge in [-0.25, -0.2) is 14.6 Å². The summed E-state index contributed by atoms with van der Waals surface area (Å²) in [5, 5.41) is 14.2. The highest BCUT2D eigenvalue weighted by molar-refractivity contribution is 7.13. The quantitative estimate of drug-likeness (QED) is 0.126. The minimum atomic E-state index is -0.817. The molecular formula is C37H42Cl2N3O7S+. The highest BCUT2D eigenvalue weighted by Crippen LogP contribution is 2.36. The Kier molecular flexibility index (Phi) is 13.4. The Hall–Kier alpha value is -3.87. The fourth-order valence-electron chi connectivity index (χ4n) is 5.77. The van der Waals surface area contributed by atoms with Crippen LogP contribution >= 0.6 is 34.5 Å². The Balaban J connectivity index is 1.30. The molecule has 2 unspecified atom stereocenters. The van der Waals surface area contributed by atoms with Gasteiger partial charge in [-0.2, -0.15) is 0 Å². The number of phenols is 1. The first-order valence-corrected chi connectivity index (χ1v) is 18.0. The van der Waals surface area contributed by atoms with Crippen molar-refractivity contribution in [3.63, 3.8) is 0 Å². The number of methoxy groups -OCH3 is 1. The van der Waals surface area contributed by atoms with Gasteiger partial charge >= 0.3 is 11.9 Å². The molecular weight excluding hydrogens is 701 g/mol. The number of halogens is 2. The van der Waals surface area contributed by atoms with Crippen molar-refractivity contribution < 1.29 is 38.6 Å². The Morgan fingerprint density at radius 3 is 2.50 bits per heavy atom. The zero-order chi connectivity index (χ0) is 35.6. The van der Waals surface area contributed by atoms with Crippen molar-refractivity contribution in [2.45, 2.75) is 44.9 Å². The van der Waals surface area contributed by atoms with Gasteiger partial charge in [-0.1, -0.05) is 41.4 Å². The van der Waals surface area contributed by atoms with E-state index in [1.165, 1.54) is 11.3 Å². The molecule has 3 heterocycles. The van der Waals surface area contributed by atoms with Gasteiger partial charge in [-0.15, -0.1) is 11.3 Å². The number of esters is 2. The van der Waals surface area contributed by atoms with E-state index in [0.717, 1.165) is 30.8 Å². The molecule has 0 spiro atoms. The van der Waals surface area contributed by atoms with Gasteiger partial charge < -0.3 is 29.0 Å². The van der Waals surface area contributed by atoms with Gasteiger partial charge in [0.05, 0.1) is 20.3 Å². The van der Waals surface area contributed by atoms with E-state index in [4.69, 9.17) is 42.1 Å². The van der Waals surface area contributed by atoms with Gasteiger partial charge in [-0.3, -0.25) is 5.32 Å². The number of aromatic nitrogens is 1. The predicted molar refractivity (Wildman–Crippen MR) is 192 cm³/mol. The summed E-state index contributed by atoms with van der Waals surface area (Å²) in [5.41, 5.74) is 1.88. The van der Waals surface area contributed by atoms with Crippen molar-refractivity contribution in [3.05, 3.63) is 103 Å². The van der Waals surface area contributed by atoms with Crippen LogP contribution in [0.25, 0.3) is 0 Å². The number of nitrogens with one attached hydrogen (secondary N) is 2. The number of hydrogen-bond donors (Lipinski definition) is 2. The molecule has 2 aromatic heterocycles. The second kappa shape index (κ2) is 17.9. The molecule has 0 amide bonds. The molecule has 2 atom stereocenters. The largest absolute Gasteiger partial charge is 0.508 e. The van der Waals surface area contributed by atoms with Crippen molar-refractivity contribution in [2.24, 2.45) is 5.92 Å². The van der Waals surface area contributed by atoms with Crippen molar-refractivity contribution in [3.8, 4) is 17.2 Å². The summed E-state index contributed by atoms with van der Waals surface area (Å²) in [5.74, 6) is 0.478. The number of ether oxygens (including phenoxy) is 4. The summed E-state index contributed by atoms with van der Waals surface area (Å²) in [7, 11) is 3.65. The Bertz CT molecular complexity index is 1740. The number of hydrogen-bond acceptors (Lipinski definition) is 10. The number of piperidine rings is 1. The molecule has 0 bridgehead atoms. The highest BCUT2D eigenvalue weighted by atomic mass is 35.5. The van der Waals surface area contributed by atoms with Crippen molar-refractivity contribution in [1.82, 2.24) is 10.2 Å². The van der Waals surface area contributed by atoms with Crippen LogP contribution in [0.2, 0.25) is 10.0 Å². The lowest BCUT2D eigenvalue weighted by atomic mass is 9.98. The van der Waals surface area contributed by atoms with Crippen LogP contribution in [0.1, 0.15) is 63.2 Å². The lowest BCUT2D eigenvalue weighted by molar-refractivity contribution is -0.377. The van der Waals surface area contributed by atoms with Crippen molar-refractivity contribution in [1.29, 1.82) is 0 Å². The number of rotatable bonds is 15. The van der Waals surface area contributed by atoms with E-state index in [-0.39, 0.29) is 18.7 Å². The summed E-state index contributed by atoms with van der Waals surface area (Å²) in [6, 6.07) is 14.6. The second-order valence-corrected chi connectivity index (χ2v) is 14.1. The standard InChI is InChI=1S/C37H41Cl2N3O7S/c1-4-47-33-17-24(8-10-31(33)46-3)32(18-28-29(38)20-40-21-30(28)39)49-36(44)34-11-9-27(50-34)19-41-35(25-6-5-7-26(43)16-25)37(45)48-22-23-12-14-42(2)15-13-23/h5-11,16-17,20-21,23,32,35,41,43H,4,12-15,18-19,22H2,1-3H3/p+1. The molecule has 1 fully saturated rings. The van der Waals surface area contributed by atoms with Crippen LogP contribution in [-0.4, -0.2) is 62.4 Å². The van der Waals surface area contributed by atoms with Gasteiger partial charge in [0.25, 0.3) is 0 Å². The number of carbonyl (C=O) groups excluding carboxylic acids is 2. The molecule has 1 aliphatic heterocycles. The number of phenolic OH excluding ortho intramolecular Hbond substituents is 1. The lowest BCUT2D eigenvalue weighted by Gasteiger charge is -2.29. The zero-order valence-electron chi connectivity index (χ0n) is 28.2. The first kappa shape index (κ1) is 37.4. The molecule has 13 heteroatoms. The zero-order valence-corrected chi connectivity index (χ0v) is 30.6. The molecule has 1 saturated heterocycles. The van der Waals surface area contributed by atoms with E-state index in [0.29, 0.717) is 62.2 Å². The molecule has 50 heavy (non-hydrogen) atoms. The SMILES string of the molecule is CCOc1cc(C(Cc2c(Cl)c[nH+]cc2Cl)OC(=O)c2ccc(CNC(C(=O)OCC3CCN(C)CC3)c3cccc(O)c3)s2)ccc1OC.